The molecule has 1 amide bonds. The number of carbonyl (C=O) groups is 2. The van der Waals surface area contributed by atoms with Gasteiger partial charge in [-0.15, -0.1) is 0 Å². The molecule has 1 fully saturated rings. The molecule has 3 aromatic rings. The maximum absolute atomic E-state index is 13.1. The summed E-state index contributed by atoms with van der Waals surface area (Å²) in [4.78, 5) is 26.4. The number of likely N-dealkylation sites (tertiary alicyclic amines) is 1. The van der Waals surface area contributed by atoms with Crippen LogP contribution in [0.1, 0.15) is 41.4 Å². The Balaban J connectivity index is 1.35. The molecule has 1 saturated heterocycles. The molecule has 2 aliphatic rings. The summed E-state index contributed by atoms with van der Waals surface area (Å²) in [7, 11) is 0. The normalized spacial score (nSPS) is 19.8. The zero-order chi connectivity index (χ0) is 22.1. The van der Waals surface area contributed by atoms with Gasteiger partial charge in [-0.2, -0.15) is 0 Å². The quantitative estimate of drug-likeness (QED) is 0.616. The first kappa shape index (κ1) is 20.3. The van der Waals surface area contributed by atoms with Crippen LogP contribution >= 0.6 is 0 Å². The standard InChI is InChI=1S/C27H25NO4/c29-26(30)25-15-14-19(18-8-2-1-3-9-18)16-28(25)27(31)32-17-24-22-12-6-4-10-20(22)21-11-5-7-13-23(21)24/h1-13,19,24-25H,14-17H2,(H,29,30)/t19-,25+/m1/s1. The van der Waals surface area contributed by atoms with Gasteiger partial charge in [-0.05, 0) is 40.7 Å². The molecule has 1 aliphatic carbocycles. The van der Waals surface area contributed by atoms with E-state index in [4.69, 9.17) is 4.74 Å². The summed E-state index contributed by atoms with van der Waals surface area (Å²) in [5.41, 5.74) is 5.71. The van der Waals surface area contributed by atoms with E-state index in [1.165, 1.54) is 4.90 Å². The number of aliphatic carboxylic acids is 1. The van der Waals surface area contributed by atoms with Gasteiger partial charge < -0.3 is 9.84 Å². The molecule has 0 radical (unpaired) electrons. The van der Waals surface area contributed by atoms with Gasteiger partial charge in [-0.25, -0.2) is 9.59 Å². The molecular formula is C27H25NO4. The molecule has 5 heteroatoms. The third-order valence-corrected chi connectivity index (χ3v) is 6.71. The molecule has 5 rings (SSSR count). The summed E-state index contributed by atoms with van der Waals surface area (Å²) in [6, 6.07) is 25.4. The van der Waals surface area contributed by atoms with Crippen LogP contribution in [0.25, 0.3) is 11.1 Å². The highest BCUT2D eigenvalue weighted by Gasteiger charge is 2.38. The third kappa shape index (κ3) is 3.64. The molecule has 0 saturated carbocycles. The summed E-state index contributed by atoms with van der Waals surface area (Å²) < 4.78 is 5.77. The highest BCUT2D eigenvalue weighted by atomic mass is 16.6. The van der Waals surface area contributed by atoms with Crippen molar-refractivity contribution in [3.05, 3.63) is 95.6 Å². The van der Waals surface area contributed by atoms with Crippen molar-refractivity contribution in [1.82, 2.24) is 4.90 Å². The van der Waals surface area contributed by atoms with Gasteiger partial charge in [0.2, 0.25) is 0 Å². The van der Waals surface area contributed by atoms with E-state index >= 15 is 0 Å². The minimum Gasteiger partial charge on any atom is -0.480 e. The van der Waals surface area contributed by atoms with Crippen LogP contribution < -0.4 is 0 Å². The van der Waals surface area contributed by atoms with E-state index < -0.39 is 18.1 Å². The summed E-state index contributed by atoms with van der Waals surface area (Å²) in [6.07, 6.45) is 0.590. The molecule has 162 valence electrons. The predicted octanol–water partition coefficient (Wildman–Crippen LogP) is 5.27. The zero-order valence-electron chi connectivity index (χ0n) is 17.7. The van der Waals surface area contributed by atoms with Gasteiger partial charge in [0.1, 0.15) is 12.6 Å². The highest BCUT2D eigenvalue weighted by Crippen LogP contribution is 2.44. The van der Waals surface area contributed by atoms with Gasteiger partial charge in [0.05, 0.1) is 0 Å². The fraction of sp³-hybridized carbons (Fsp3) is 0.259. The number of carboxylic acid groups (broad SMARTS) is 1. The Labute approximate surface area is 187 Å². The van der Waals surface area contributed by atoms with Crippen LogP contribution in [0.2, 0.25) is 0 Å². The van der Waals surface area contributed by atoms with E-state index in [0.29, 0.717) is 13.0 Å². The second-order valence-electron chi connectivity index (χ2n) is 8.50. The van der Waals surface area contributed by atoms with Crippen molar-refractivity contribution in [3.8, 4) is 11.1 Å². The lowest BCUT2D eigenvalue weighted by molar-refractivity contribution is -0.144. The molecule has 0 aromatic heterocycles. The number of hydrogen-bond acceptors (Lipinski definition) is 3. The number of piperidine rings is 1. The third-order valence-electron chi connectivity index (χ3n) is 6.71. The predicted molar refractivity (Wildman–Crippen MR) is 122 cm³/mol. The summed E-state index contributed by atoms with van der Waals surface area (Å²) in [6.45, 7) is 0.531. The fourth-order valence-electron chi connectivity index (χ4n) is 5.10. The Hall–Kier alpha value is -3.60. The molecule has 3 aromatic carbocycles. The van der Waals surface area contributed by atoms with Crippen molar-refractivity contribution in [3.63, 3.8) is 0 Å². The summed E-state index contributed by atoms with van der Waals surface area (Å²) in [5, 5.41) is 9.71. The Morgan fingerprint density at radius 1 is 0.844 bits per heavy atom. The smallest absolute Gasteiger partial charge is 0.410 e. The van der Waals surface area contributed by atoms with E-state index in [1.807, 2.05) is 54.6 Å². The molecule has 0 unspecified atom stereocenters. The molecule has 1 N–H and O–H groups in total. The van der Waals surface area contributed by atoms with Gasteiger partial charge in [0, 0.05) is 18.4 Å². The van der Waals surface area contributed by atoms with Crippen LogP contribution in [0.3, 0.4) is 0 Å². The van der Waals surface area contributed by atoms with Gasteiger partial charge >= 0.3 is 12.1 Å². The monoisotopic (exact) mass is 427 g/mol. The van der Waals surface area contributed by atoms with E-state index in [0.717, 1.165) is 34.2 Å². The van der Waals surface area contributed by atoms with Crippen molar-refractivity contribution < 1.29 is 19.4 Å². The minimum atomic E-state index is -0.981. The van der Waals surface area contributed by atoms with Crippen molar-refractivity contribution in [1.29, 1.82) is 0 Å². The van der Waals surface area contributed by atoms with Crippen LogP contribution in [-0.4, -0.2) is 41.3 Å². The average molecular weight is 428 g/mol. The first-order valence-corrected chi connectivity index (χ1v) is 11.0. The van der Waals surface area contributed by atoms with Gasteiger partial charge in [0.25, 0.3) is 0 Å². The number of carboxylic acids is 1. The molecule has 2 atom stereocenters. The largest absolute Gasteiger partial charge is 0.480 e. The van der Waals surface area contributed by atoms with E-state index in [1.54, 1.807) is 0 Å². The molecular weight excluding hydrogens is 402 g/mol. The number of benzene rings is 3. The van der Waals surface area contributed by atoms with Crippen LogP contribution in [0.4, 0.5) is 4.79 Å². The van der Waals surface area contributed by atoms with Crippen LogP contribution in [0, 0.1) is 0 Å². The summed E-state index contributed by atoms with van der Waals surface area (Å²) >= 11 is 0. The van der Waals surface area contributed by atoms with Gasteiger partial charge in [-0.1, -0.05) is 78.9 Å². The zero-order valence-corrected chi connectivity index (χ0v) is 17.7. The van der Waals surface area contributed by atoms with Gasteiger partial charge in [-0.3, -0.25) is 4.90 Å². The van der Waals surface area contributed by atoms with Gasteiger partial charge in [0.15, 0.2) is 0 Å². The lowest BCUT2D eigenvalue weighted by Crippen LogP contribution is -2.50. The highest BCUT2D eigenvalue weighted by molar-refractivity contribution is 5.81. The number of fused-ring (bicyclic) bond motifs is 3. The number of carbonyl (C=O) groups excluding carboxylic acids is 1. The summed E-state index contributed by atoms with van der Waals surface area (Å²) in [5.74, 6) is -0.929. The molecule has 0 spiro atoms. The number of rotatable bonds is 4. The van der Waals surface area contributed by atoms with Crippen LogP contribution in [0.15, 0.2) is 78.9 Å². The van der Waals surface area contributed by atoms with Crippen molar-refractivity contribution in [2.45, 2.75) is 30.7 Å². The maximum atomic E-state index is 13.1. The van der Waals surface area contributed by atoms with Crippen LogP contribution in [0.5, 0.6) is 0 Å². The fourth-order valence-corrected chi connectivity index (χ4v) is 5.10. The average Bonchev–Trinajstić information content (AvgIpc) is 3.16. The maximum Gasteiger partial charge on any atom is 0.410 e. The van der Waals surface area contributed by atoms with Crippen molar-refractivity contribution >= 4 is 12.1 Å². The molecule has 1 heterocycles. The molecule has 0 bridgehead atoms. The lowest BCUT2D eigenvalue weighted by Gasteiger charge is -2.37. The first-order chi connectivity index (χ1) is 15.6. The molecule has 32 heavy (non-hydrogen) atoms. The van der Waals surface area contributed by atoms with Crippen LogP contribution in [-0.2, 0) is 9.53 Å². The van der Waals surface area contributed by atoms with Crippen molar-refractivity contribution in [2.75, 3.05) is 13.2 Å². The topological polar surface area (TPSA) is 66.8 Å². The van der Waals surface area contributed by atoms with E-state index in [2.05, 4.69) is 24.3 Å². The molecule has 1 aliphatic heterocycles. The Morgan fingerprint density at radius 3 is 2.06 bits per heavy atom. The molecule has 5 nitrogen and oxygen atoms in total. The Bertz CT molecular complexity index is 1100. The van der Waals surface area contributed by atoms with E-state index in [-0.39, 0.29) is 18.4 Å². The second-order valence-corrected chi connectivity index (χ2v) is 8.50. The number of ether oxygens (including phenoxy) is 1. The lowest BCUT2D eigenvalue weighted by atomic mass is 9.87. The minimum absolute atomic E-state index is 0.0515. The first-order valence-electron chi connectivity index (χ1n) is 11.0. The number of nitrogens with zero attached hydrogens (tertiary/aromatic N) is 1. The SMILES string of the molecule is O=C(O)[C@@H]1CC[C@@H](c2ccccc2)CN1C(=O)OCC1c2ccccc2-c2ccccc21. The number of hydrogen-bond donors (Lipinski definition) is 1. The van der Waals surface area contributed by atoms with E-state index in [9.17, 15) is 14.7 Å². The van der Waals surface area contributed by atoms with Crippen molar-refractivity contribution in [2.24, 2.45) is 0 Å². The second kappa shape index (κ2) is 8.50. The Kier molecular flexibility index (Phi) is 5.39. The Morgan fingerprint density at radius 2 is 1.44 bits per heavy atom. The number of amides is 1.